The summed E-state index contributed by atoms with van der Waals surface area (Å²) < 4.78 is 1.58. The fraction of sp³-hybridized carbons (Fsp3) is 0.200. The number of nitrogen functional groups attached to an aromatic ring is 1. The molecule has 7 heteroatoms. The number of aromatic nitrogens is 4. The van der Waals surface area contributed by atoms with Gasteiger partial charge in [-0.3, -0.25) is 4.57 Å². The van der Waals surface area contributed by atoms with Gasteiger partial charge in [-0.25, -0.2) is 15.0 Å². The molecule has 7 nitrogen and oxygen atoms in total. The van der Waals surface area contributed by atoms with Crippen LogP contribution in [0.4, 0.5) is 5.82 Å². The standard InChI is InChI=1S/C10H11N5O2/c11-9-8-10(13-5-12-9)15(6-14-8)2-1-7(3-16)4-17/h2,5-6,16-17H,3-4H2,(H2,11,12,13). The Morgan fingerprint density at radius 3 is 2.82 bits per heavy atom. The van der Waals surface area contributed by atoms with Gasteiger partial charge in [-0.1, -0.05) is 5.73 Å². The number of rotatable bonds is 3. The van der Waals surface area contributed by atoms with Gasteiger partial charge < -0.3 is 15.9 Å². The molecule has 0 fully saturated rings. The summed E-state index contributed by atoms with van der Waals surface area (Å²) in [5.74, 6) is 0.302. The van der Waals surface area contributed by atoms with Gasteiger partial charge >= 0.3 is 0 Å². The second kappa shape index (κ2) is 4.75. The first kappa shape index (κ1) is 11.3. The summed E-state index contributed by atoms with van der Waals surface area (Å²) in [4.78, 5) is 11.9. The number of imidazole rings is 1. The summed E-state index contributed by atoms with van der Waals surface area (Å²) in [6.07, 6.45) is 4.37. The predicted molar refractivity (Wildman–Crippen MR) is 61.7 cm³/mol. The Balaban J connectivity index is 2.51. The van der Waals surface area contributed by atoms with Crippen LogP contribution >= 0.6 is 0 Å². The van der Waals surface area contributed by atoms with Crippen molar-refractivity contribution >= 4 is 23.2 Å². The van der Waals surface area contributed by atoms with E-state index in [9.17, 15) is 0 Å². The van der Waals surface area contributed by atoms with Gasteiger partial charge in [-0.15, -0.1) is 0 Å². The molecule has 0 aliphatic carbocycles. The lowest BCUT2D eigenvalue weighted by Gasteiger charge is -1.95. The normalized spacial score (nSPS) is 10.2. The Morgan fingerprint density at radius 2 is 2.12 bits per heavy atom. The van der Waals surface area contributed by atoms with Gasteiger partial charge in [0.05, 0.1) is 19.4 Å². The summed E-state index contributed by atoms with van der Waals surface area (Å²) >= 11 is 0. The van der Waals surface area contributed by atoms with E-state index in [0.29, 0.717) is 22.6 Å². The highest BCUT2D eigenvalue weighted by Crippen LogP contribution is 2.13. The SMILES string of the molecule is Nc1ncnc2c1ncn2C=C=C(CO)CO. The summed E-state index contributed by atoms with van der Waals surface area (Å²) in [5.41, 5.74) is 9.79. The maximum atomic E-state index is 8.86. The lowest BCUT2D eigenvalue weighted by molar-refractivity contribution is 0.277. The fourth-order valence-corrected chi connectivity index (χ4v) is 1.27. The minimum atomic E-state index is -0.253. The Hall–Kier alpha value is -2.21. The molecule has 2 aromatic heterocycles. The number of hydrogen-bond donors (Lipinski definition) is 3. The summed E-state index contributed by atoms with van der Waals surface area (Å²) in [7, 11) is 0. The van der Waals surface area contributed by atoms with Crippen LogP contribution in [0, 0.1) is 0 Å². The van der Waals surface area contributed by atoms with Crippen molar-refractivity contribution in [1.29, 1.82) is 0 Å². The molecule has 0 aliphatic heterocycles. The molecular weight excluding hydrogens is 222 g/mol. The number of anilines is 1. The lowest BCUT2D eigenvalue weighted by atomic mass is 10.3. The number of hydrogen-bond acceptors (Lipinski definition) is 6. The van der Waals surface area contributed by atoms with Crippen LogP contribution in [0.25, 0.3) is 17.4 Å². The van der Waals surface area contributed by atoms with E-state index in [2.05, 4.69) is 20.7 Å². The maximum absolute atomic E-state index is 8.86. The Kier molecular flexibility index (Phi) is 3.15. The number of nitrogens with zero attached hydrogens (tertiary/aromatic N) is 4. The first-order valence-corrected chi connectivity index (χ1v) is 4.85. The van der Waals surface area contributed by atoms with Crippen LogP contribution in [0.2, 0.25) is 0 Å². The molecule has 2 heterocycles. The molecule has 0 atom stereocenters. The lowest BCUT2D eigenvalue weighted by Crippen LogP contribution is -1.95. The van der Waals surface area contributed by atoms with Gasteiger partial charge in [0, 0.05) is 5.57 Å². The van der Waals surface area contributed by atoms with Crippen molar-refractivity contribution in [3.8, 4) is 0 Å². The zero-order valence-electron chi connectivity index (χ0n) is 8.91. The van der Waals surface area contributed by atoms with Crippen molar-refractivity contribution < 1.29 is 10.2 Å². The van der Waals surface area contributed by atoms with Gasteiger partial charge in [0.2, 0.25) is 0 Å². The minimum absolute atomic E-state index is 0.253. The third-order valence-corrected chi connectivity index (χ3v) is 2.18. The van der Waals surface area contributed by atoms with Gasteiger partial charge in [0.25, 0.3) is 0 Å². The second-order valence-corrected chi connectivity index (χ2v) is 3.28. The summed E-state index contributed by atoms with van der Waals surface area (Å²) in [5, 5.41) is 17.7. The molecule has 0 bridgehead atoms. The molecule has 0 spiro atoms. The number of aliphatic hydroxyl groups excluding tert-OH is 2. The topological polar surface area (TPSA) is 110 Å². The zero-order chi connectivity index (χ0) is 12.3. The van der Waals surface area contributed by atoms with E-state index in [-0.39, 0.29) is 13.2 Å². The first-order valence-electron chi connectivity index (χ1n) is 4.85. The van der Waals surface area contributed by atoms with Crippen molar-refractivity contribution in [2.75, 3.05) is 18.9 Å². The van der Waals surface area contributed by atoms with Crippen LogP contribution in [0.5, 0.6) is 0 Å². The van der Waals surface area contributed by atoms with E-state index in [1.165, 1.54) is 18.9 Å². The van der Waals surface area contributed by atoms with Crippen LogP contribution in [-0.2, 0) is 0 Å². The van der Waals surface area contributed by atoms with Crippen LogP contribution < -0.4 is 5.73 Å². The molecule has 0 unspecified atom stereocenters. The molecule has 2 rings (SSSR count). The average molecular weight is 233 g/mol. The van der Waals surface area contributed by atoms with Crippen LogP contribution in [0.1, 0.15) is 0 Å². The van der Waals surface area contributed by atoms with Gasteiger partial charge in [0.15, 0.2) is 17.0 Å². The molecule has 2 aromatic rings. The second-order valence-electron chi connectivity index (χ2n) is 3.28. The van der Waals surface area contributed by atoms with Crippen molar-refractivity contribution in [2.24, 2.45) is 0 Å². The summed E-state index contributed by atoms with van der Waals surface area (Å²) in [6.45, 7) is -0.506. The van der Waals surface area contributed by atoms with Gasteiger partial charge in [-0.05, 0) is 0 Å². The van der Waals surface area contributed by atoms with E-state index < -0.39 is 0 Å². The van der Waals surface area contributed by atoms with Crippen molar-refractivity contribution in [2.45, 2.75) is 0 Å². The molecule has 4 N–H and O–H groups in total. The first-order chi connectivity index (χ1) is 8.26. The molecule has 0 aliphatic rings. The van der Waals surface area contributed by atoms with Crippen LogP contribution in [-0.4, -0.2) is 42.9 Å². The number of fused-ring (bicyclic) bond motifs is 1. The minimum Gasteiger partial charge on any atom is -0.391 e. The highest BCUT2D eigenvalue weighted by Gasteiger charge is 2.05. The quantitative estimate of drug-likeness (QED) is 0.610. The zero-order valence-corrected chi connectivity index (χ0v) is 8.91. The van der Waals surface area contributed by atoms with Gasteiger partial charge in [0.1, 0.15) is 12.7 Å². The highest BCUT2D eigenvalue weighted by atomic mass is 16.3. The van der Waals surface area contributed by atoms with Crippen LogP contribution in [0.3, 0.4) is 0 Å². The molecule has 0 saturated carbocycles. The molecule has 0 amide bonds. The Bertz CT molecular complexity index is 592. The number of aliphatic hydroxyl groups is 2. The fourth-order valence-electron chi connectivity index (χ4n) is 1.27. The van der Waals surface area contributed by atoms with Crippen LogP contribution in [0.15, 0.2) is 24.0 Å². The Morgan fingerprint density at radius 1 is 1.35 bits per heavy atom. The molecule has 0 radical (unpaired) electrons. The van der Waals surface area contributed by atoms with E-state index in [1.807, 2.05) is 0 Å². The predicted octanol–water partition coefficient (Wildman–Crippen LogP) is -0.611. The van der Waals surface area contributed by atoms with Crippen molar-refractivity contribution in [3.05, 3.63) is 24.0 Å². The molecule has 17 heavy (non-hydrogen) atoms. The third-order valence-electron chi connectivity index (χ3n) is 2.18. The average Bonchev–Trinajstić information content (AvgIpc) is 2.75. The molecule has 88 valence electrons. The van der Waals surface area contributed by atoms with Gasteiger partial charge in [-0.2, -0.15) is 0 Å². The molecule has 0 saturated heterocycles. The highest BCUT2D eigenvalue weighted by molar-refractivity contribution is 5.82. The summed E-state index contributed by atoms with van der Waals surface area (Å²) in [6, 6.07) is 0. The molecule has 0 aromatic carbocycles. The van der Waals surface area contributed by atoms with E-state index in [4.69, 9.17) is 15.9 Å². The van der Waals surface area contributed by atoms with Crippen molar-refractivity contribution in [1.82, 2.24) is 19.5 Å². The Labute approximate surface area is 96.6 Å². The maximum Gasteiger partial charge on any atom is 0.170 e. The van der Waals surface area contributed by atoms with E-state index in [1.54, 1.807) is 4.57 Å². The number of nitrogens with two attached hydrogens (primary N) is 1. The molecular formula is C10H11N5O2. The smallest absolute Gasteiger partial charge is 0.170 e. The van der Waals surface area contributed by atoms with Crippen molar-refractivity contribution in [3.63, 3.8) is 0 Å². The third kappa shape index (κ3) is 2.16. The monoisotopic (exact) mass is 233 g/mol. The van der Waals surface area contributed by atoms with E-state index in [0.717, 1.165) is 0 Å². The largest absolute Gasteiger partial charge is 0.391 e. The van der Waals surface area contributed by atoms with E-state index >= 15 is 0 Å².